The van der Waals surface area contributed by atoms with Crippen molar-refractivity contribution in [3.63, 3.8) is 0 Å². The minimum absolute atomic E-state index is 0.608. The highest BCUT2D eigenvalue weighted by atomic mass is 32.1. The molecule has 72 valence electrons. The zero-order valence-electron chi connectivity index (χ0n) is 7.66. The second-order valence-electron chi connectivity index (χ2n) is 3.40. The Balaban J connectivity index is 1.86. The number of hydrogen-bond acceptors (Lipinski definition) is 3. The van der Waals surface area contributed by atoms with Crippen LogP contribution in [0, 0.1) is 0 Å². The molecule has 1 atom stereocenters. The topological polar surface area (TPSA) is 21.3 Å². The van der Waals surface area contributed by atoms with Gasteiger partial charge in [-0.05, 0) is 30.7 Å². The van der Waals surface area contributed by atoms with Gasteiger partial charge in [-0.1, -0.05) is 0 Å². The number of anilines is 1. The zero-order valence-corrected chi connectivity index (χ0v) is 8.48. The standard InChI is InChI=1S/C10H15NOS/c1-2-9(3-6-12-5-1)11-10-4-7-13-8-10/h4,7-9,11H,1-3,5-6H2. The van der Waals surface area contributed by atoms with Gasteiger partial charge < -0.3 is 10.1 Å². The summed E-state index contributed by atoms with van der Waals surface area (Å²) < 4.78 is 5.41. The van der Waals surface area contributed by atoms with Gasteiger partial charge in [0.15, 0.2) is 0 Å². The molecule has 0 aromatic carbocycles. The third kappa shape index (κ3) is 2.71. The Bertz CT molecular complexity index is 227. The van der Waals surface area contributed by atoms with Gasteiger partial charge in [0.1, 0.15) is 0 Å². The van der Waals surface area contributed by atoms with E-state index in [0.29, 0.717) is 6.04 Å². The third-order valence-electron chi connectivity index (χ3n) is 2.34. The van der Waals surface area contributed by atoms with Crippen LogP contribution in [0.15, 0.2) is 16.8 Å². The summed E-state index contributed by atoms with van der Waals surface area (Å²) in [5.41, 5.74) is 1.26. The second kappa shape index (κ2) is 4.63. The van der Waals surface area contributed by atoms with E-state index in [9.17, 15) is 0 Å². The Kier molecular flexibility index (Phi) is 3.22. The maximum Gasteiger partial charge on any atom is 0.0485 e. The Hall–Kier alpha value is -0.540. The van der Waals surface area contributed by atoms with Gasteiger partial charge >= 0.3 is 0 Å². The van der Waals surface area contributed by atoms with E-state index in [0.717, 1.165) is 19.6 Å². The average molecular weight is 197 g/mol. The third-order valence-corrected chi connectivity index (χ3v) is 3.03. The predicted molar refractivity (Wildman–Crippen MR) is 56.4 cm³/mol. The molecule has 0 amide bonds. The summed E-state index contributed by atoms with van der Waals surface area (Å²) in [5, 5.41) is 7.80. The SMILES string of the molecule is c1cc(NC2CCCOCC2)cs1. The van der Waals surface area contributed by atoms with Crippen molar-refractivity contribution >= 4 is 17.0 Å². The maximum absolute atomic E-state index is 5.41. The number of rotatable bonds is 2. The van der Waals surface area contributed by atoms with Crippen molar-refractivity contribution in [2.45, 2.75) is 25.3 Å². The van der Waals surface area contributed by atoms with Crippen molar-refractivity contribution < 1.29 is 4.74 Å². The second-order valence-corrected chi connectivity index (χ2v) is 4.18. The quantitative estimate of drug-likeness (QED) is 0.787. The lowest BCUT2D eigenvalue weighted by atomic mass is 10.1. The lowest BCUT2D eigenvalue weighted by Crippen LogP contribution is -2.18. The molecule has 0 aliphatic carbocycles. The minimum atomic E-state index is 0.608. The number of ether oxygens (including phenoxy) is 1. The molecular weight excluding hydrogens is 182 g/mol. The maximum atomic E-state index is 5.41. The van der Waals surface area contributed by atoms with Gasteiger partial charge in [0, 0.05) is 30.3 Å². The van der Waals surface area contributed by atoms with Gasteiger partial charge in [-0.25, -0.2) is 0 Å². The molecule has 1 saturated heterocycles. The van der Waals surface area contributed by atoms with E-state index in [1.54, 1.807) is 11.3 Å². The van der Waals surface area contributed by atoms with Crippen LogP contribution in [0.5, 0.6) is 0 Å². The molecule has 2 nitrogen and oxygen atoms in total. The summed E-state index contributed by atoms with van der Waals surface area (Å²) >= 11 is 1.74. The average Bonchev–Trinajstić information content (AvgIpc) is 2.49. The van der Waals surface area contributed by atoms with E-state index < -0.39 is 0 Å². The predicted octanol–water partition coefficient (Wildman–Crippen LogP) is 2.73. The van der Waals surface area contributed by atoms with Gasteiger partial charge in [-0.15, -0.1) is 0 Å². The molecule has 3 heteroatoms. The van der Waals surface area contributed by atoms with E-state index in [1.807, 2.05) is 0 Å². The molecule has 0 saturated carbocycles. The van der Waals surface area contributed by atoms with Crippen LogP contribution < -0.4 is 5.32 Å². The van der Waals surface area contributed by atoms with Gasteiger partial charge in [0.2, 0.25) is 0 Å². The number of thiophene rings is 1. The molecule has 1 aliphatic rings. The lowest BCUT2D eigenvalue weighted by Gasteiger charge is -2.15. The van der Waals surface area contributed by atoms with E-state index >= 15 is 0 Å². The minimum Gasteiger partial charge on any atom is -0.382 e. The van der Waals surface area contributed by atoms with E-state index in [4.69, 9.17) is 4.74 Å². The first-order valence-corrected chi connectivity index (χ1v) is 5.76. The fourth-order valence-electron chi connectivity index (χ4n) is 1.63. The first kappa shape index (κ1) is 9.03. The Morgan fingerprint density at radius 3 is 3.23 bits per heavy atom. The summed E-state index contributed by atoms with van der Waals surface area (Å²) in [6.45, 7) is 1.84. The van der Waals surface area contributed by atoms with Gasteiger partial charge in [0.25, 0.3) is 0 Å². The van der Waals surface area contributed by atoms with E-state index in [1.165, 1.54) is 18.5 Å². The molecule has 1 fully saturated rings. The fourth-order valence-corrected chi connectivity index (χ4v) is 2.23. The van der Waals surface area contributed by atoms with Crippen molar-refractivity contribution in [3.8, 4) is 0 Å². The van der Waals surface area contributed by atoms with Gasteiger partial charge in [-0.3, -0.25) is 0 Å². The Labute approximate surface area is 82.9 Å². The first-order valence-electron chi connectivity index (χ1n) is 4.81. The van der Waals surface area contributed by atoms with Crippen LogP contribution in [0.2, 0.25) is 0 Å². The van der Waals surface area contributed by atoms with Crippen LogP contribution in [-0.2, 0) is 4.74 Å². The van der Waals surface area contributed by atoms with Crippen LogP contribution in [0.25, 0.3) is 0 Å². The summed E-state index contributed by atoms with van der Waals surface area (Å²) in [5.74, 6) is 0. The van der Waals surface area contributed by atoms with Gasteiger partial charge in [-0.2, -0.15) is 11.3 Å². The Morgan fingerprint density at radius 2 is 2.38 bits per heavy atom. The largest absolute Gasteiger partial charge is 0.382 e. The summed E-state index contributed by atoms with van der Waals surface area (Å²) in [4.78, 5) is 0. The van der Waals surface area contributed by atoms with Crippen molar-refractivity contribution in [2.75, 3.05) is 18.5 Å². The molecule has 1 aromatic heterocycles. The van der Waals surface area contributed by atoms with Crippen LogP contribution in [-0.4, -0.2) is 19.3 Å². The molecule has 2 rings (SSSR count). The molecule has 0 spiro atoms. The molecule has 1 aliphatic heterocycles. The fraction of sp³-hybridized carbons (Fsp3) is 0.600. The van der Waals surface area contributed by atoms with Crippen molar-refractivity contribution in [3.05, 3.63) is 16.8 Å². The molecule has 2 heterocycles. The van der Waals surface area contributed by atoms with Crippen molar-refractivity contribution in [2.24, 2.45) is 0 Å². The summed E-state index contributed by atoms with van der Waals surface area (Å²) in [6, 6.07) is 2.74. The lowest BCUT2D eigenvalue weighted by molar-refractivity contribution is 0.144. The van der Waals surface area contributed by atoms with Crippen LogP contribution >= 0.6 is 11.3 Å². The molecule has 1 aromatic rings. The van der Waals surface area contributed by atoms with Crippen molar-refractivity contribution in [1.29, 1.82) is 0 Å². The van der Waals surface area contributed by atoms with E-state index in [2.05, 4.69) is 22.1 Å². The number of nitrogens with one attached hydrogen (secondary N) is 1. The normalized spacial score (nSPS) is 23.8. The van der Waals surface area contributed by atoms with Crippen LogP contribution in [0.4, 0.5) is 5.69 Å². The molecule has 0 radical (unpaired) electrons. The zero-order chi connectivity index (χ0) is 8.93. The summed E-state index contributed by atoms with van der Waals surface area (Å²) in [7, 11) is 0. The smallest absolute Gasteiger partial charge is 0.0485 e. The molecular formula is C10H15NOS. The van der Waals surface area contributed by atoms with E-state index in [-0.39, 0.29) is 0 Å². The number of hydrogen-bond donors (Lipinski definition) is 1. The summed E-state index contributed by atoms with van der Waals surface area (Å²) in [6.07, 6.45) is 3.55. The molecule has 1 unspecified atom stereocenters. The highest BCUT2D eigenvalue weighted by molar-refractivity contribution is 7.08. The van der Waals surface area contributed by atoms with Crippen LogP contribution in [0.3, 0.4) is 0 Å². The Morgan fingerprint density at radius 1 is 1.38 bits per heavy atom. The van der Waals surface area contributed by atoms with Gasteiger partial charge in [0.05, 0.1) is 0 Å². The molecule has 0 bridgehead atoms. The first-order chi connectivity index (χ1) is 6.45. The highest BCUT2D eigenvalue weighted by Gasteiger charge is 2.11. The highest BCUT2D eigenvalue weighted by Crippen LogP contribution is 2.17. The molecule has 13 heavy (non-hydrogen) atoms. The molecule has 1 N–H and O–H groups in total. The van der Waals surface area contributed by atoms with Crippen molar-refractivity contribution in [1.82, 2.24) is 0 Å². The van der Waals surface area contributed by atoms with Crippen LogP contribution in [0.1, 0.15) is 19.3 Å². The monoisotopic (exact) mass is 197 g/mol.